The van der Waals surface area contributed by atoms with Crippen LogP contribution in [-0.4, -0.2) is 15.0 Å². The molecule has 2 heterocycles. The van der Waals surface area contributed by atoms with Gasteiger partial charge in [0, 0.05) is 27.8 Å². The van der Waals surface area contributed by atoms with Gasteiger partial charge in [-0.3, -0.25) is 0 Å². The van der Waals surface area contributed by atoms with Crippen molar-refractivity contribution >= 4 is 10.8 Å². The number of hydrogen-bond donors (Lipinski definition) is 0. The largest absolute Gasteiger partial charge is 0.456 e. The zero-order valence-corrected chi connectivity index (χ0v) is 32.8. The molecule has 58 heavy (non-hydrogen) atoms. The lowest BCUT2D eigenvalue weighted by molar-refractivity contribution is 0.433. The van der Waals surface area contributed by atoms with Gasteiger partial charge in [0.25, 0.3) is 0 Å². The van der Waals surface area contributed by atoms with E-state index >= 15 is 0 Å². The predicted molar refractivity (Wildman–Crippen MR) is 235 cm³/mol. The molecule has 0 bridgehead atoms. The predicted octanol–water partition coefficient (Wildman–Crippen LogP) is 13.4. The van der Waals surface area contributed by atoms with Gasteiger partial charge in [0.15, 0.2) is 17.5 Å². The van der Waals surface area contributed by atoms with E-state index in [0.29, 0.717) is 17.5 Å². The first-order valence-corrected chi connectivity index (χ1v) is 19.9. The van der Waals surface area contributed by atoms with E-state index in [9.17, 15) is 0 Å². The van der Waals surface area contributed by atoms with Gasteiger partial charge >= 0.3 is 0 Å². The molecule has 276 valence electrons. The van der Waals surface area contributed by atoms with Gasteiger partial charge in [0.2, 0.25) is 0 Å². The lowest BCUT2D eigenvalue weighted by Gasteiger charge is -2.40. The highest BCUT2D eigenvalue weighted by molar-refractivity contribution is 5.98. The highest BCUT2D eigenvalue weighted by atomic mass is 16.5. The summed E-state index contributed by atoms with van der Waals surface area (Å²) in [6.45, 7) is 8.83. The first-order chi connectivity index (χ1) is 28.4. The number of hydrogen-bond acceptors (Lipinski definition) is 4. The molecule has 0 saturated heterocycles. The first-order valence-electron chi connectivity index (χ1n) is 19.9. The Morgan fingerprint density at radius 3 is 1.91 bits per heavy atom. The Balaban J connectivity index is 1.20. The van der Waals surface area contributed by atoms with Crippen LogP contribution in [0.1, 0.15) is 44.5 Å². The smallest absolute Gasteiger partial charge is 0.164 e. The van der Waals surface area contributed by atoms with Crippen LogP contribution in [0.15, 0.2) is 164 Å². The summed E-state index contributed by atoms with van der Waals surface area (Å²) in [6.07, 6.45) is 0. The molecule has 1 aliphatic heterocycles. The summed E-state index contributed by atoms with van der Waals surface area (Å²) in [5, 5.41) is 2.45. The van der Waals surface area contributed by atoms with E-state index in [0.717, 1.165) is 50.4 Å². The van der Waals surface area contributed by atoms with Crippen LogP contribution in [-0.2, 0) is 5.41 Å². The van der Waals surface area contributed by atoms with Crippen molar-refractivity contribution in [3.8, 4) is 67.9 Å². The van der Waals surface area contributed by atoms with Gasteiger partial charge in [0.1, 0.15) is 11.5 Å². The van der Waals surface area contributed by atoms with E-state index in [2.05, 4.69) is 173 Å². The molecule has 1 unspecified atom stereocenters. The van der Waals surface area contributed by atoms with E-state index in [1.54, 1.807) is 0 Å². The molecule has 1 aliphatic carbocycles. The summed E-state index contributed by atoms with van der Waals surface area (Å²) in [4.78, 5) is 16.0. The van der Waals surface area contributed by atoms with Gasteiger partial charge in [-0.25, -0.2) is 15.0 Å². The minimum absolute atomic E-state index is 0.628. The zero-order chi connectivity index (χ0) is 39.1. The highest BCUT2D eigenvalue weighted by Crippen LogP contribution is 2.65. The van der Waals surface area contributed by atoms with Crippen molar-refractivity contribution in [1.29, 1.82) is 0 Å². The summed E-state index contributed by atoms with van der Waals surface area (Å²) in [7, 11) is 0. The third kappa shape index (κ3) is 4.98. The van der Waals surface area contributed by atoms with E-state index in [1.807, 2.05) is 18.2 Å². The molecule has 8 aromatic carbocycles. The molecule has 0 saturated carbocycles. The van der Waals surface area contributed by atoms with Gasteiger partial charge in [-0.15, -0.1) is 0 Å². The number of aromatic nitrogens is 3. The number of nitrogens with zero attached hydrogens (tertiary/aromatic N) is 3. The highest BCUT2D eigenvalue weighted by Gasteiger charge is 2.53. The number of benzene rings is 8. The molecule has 0 N–H and O–H groups in total. The van der Waals surface area contributed by atoms with Crippen LogP contribution in [0.25, 0.3) is 67.2 Å². The molecule has 4 nitrogen and oxygen atoms in total. The van der Waals surface area contributed by atoms with E-state index in [1.165, 1.54) is 55.3 Å². The zero-order valence-electron chi connectivity index (χ0n) is 32.8. The number of aryl methyl sites for hydroxylation is 4. The Morgan fingerprint density at radius 2 is 1.09 bits per heavy atom. The van der Waals surface area contributed by atoms with Gasteiger partial charge < -0.3 is 4.74 Å². The van der Waals surface area contributed by atoms with Crippen LogP contribution in [0.3, 0.4) is 0 Å². The third-order valence-electron chi connectivity index (χ3n) is 12.2. The minimum atomic E-state index is -0.696. The molecular weight excluding hydrogens is 707 g/mol. The maximum Gasteiger partial charge on any atom is 0.164 e. The van der Waals surface area contributed by atoms with Crippen molar-refractivity contribution < 1.29 is 4.74 Å². The number of para-hydroxylation sites is 2. The van der Waals surface area contributed by atoms with Gasteiger partial charge in [-0.05, 0) is 94.6 Å². The average molecular weight is 746 g/mol. The Bertz CT molecular complexity index is 3130. The summed E-state index contributed by atoms with van der Waals surface area (Å²) in [6, 6.07) is 58.2. The Labute approximate surface area is 338 Å². The fourth-order valence-electron chi connectivity index (χ4n) is 9.72. The monoisotopic (exact) mass is 745 g/mol. The summed E-state index contributed by atoms with van der Waals surface area (Å²) < 4.78 is 6.84. The molecule has 1 atom stereocenters. The van der Waals surface area contributed by atoms with Crippen LogP contribution in [0.2, 0.25) is 0 Å². The minimum Gasteiger partial charge on any atom is -0.456 e. The maximum absolute atomic E-state index is 6.84. The number of ether oxygens (including phenoxy) is 1. The first kappa shape index (κ1) is 34.1. The normalized spacial score (nSPS) is 14.8. The Hall–Kier alpha value is -7.17. The summed E-state index contributed by atoms with van der Waals surface area (Å²) in [5.41, 5.74) is 16.5. The van der Waals surface area contributed by atoms with Crippen LogP contribution in [0, 0.1) is 27.7 Å². The lowest BCUT2D eigenvalue weighted by atomic mass is 9.64. The fourth-order valence-corrected chi connectivity index (χ4v) is 9.72. The van der Waals surface area contributed by atoms with E-state index in [4.69, 9.17) is 19.7 Å². The topological polar surface area (TPSA) is 47.9 Å². The average Bonchev–Trinajstić information content (AvgIpc) is 3.56. The maximum atomic E-state index is 6.84. The third-order valence-corrected chi connectivity index (χ3v) is 12.2. The molecule has 0 amide bonds. The molecule has 1 spiro atoms. The second kappa shape index (κ2) is 12.9. The molecule has 11 rings (SSSR count). The van der Waals surface area contributed by atoms with Crippen LogP contribution < -0.4 is 4.74 Å². The van der Waals surface area contributed by atoms with Crippen molar-refractivity contribution in [3.05, 3.63) is 208 Å². The van der Waals surface area contributed by atoms with Gasteiger partial charge in [-0.1, -0.05) is 163 Å². The SMILES string of the molecule is Cc1cc(C)c2c(c1)C1(c3ccccc3Oc3c(C)cccc31)c1c(-c3nc(-c4ccccc4)nc(-c4ccc(-c5cccc6ccccc56)cc4)n3)ccc(C)c1-2. The summed E-state index contributed by atoms with van der Waals surface area (Å²) in [5.74, 6) is 3.66. The second-order valence-electron chi connectivity index (χ2n) is 15.8. The van der Waals surface area contributed by atoms with Crippen LogP contribution in [0.5, 0.6) is 11.5 Å². The van der Waals surface area contributed by atoms with Gasteiger partial charge in [0.05, 0.1) is 5.41 Å². The second-order valence-corrected chi connectivity index (χ2v) is 15.8. The van der Waals surface area contributed by atoms with Crippen molar-refractivity contribution in [2.75, 3.05) is 0 Å². The quantitative estimate of drug-likeness (QED) is 0.180. The number of rotatable bonds is 4. The van der Waals surface area contributed by atoms with E-state index < -0.39 is 5.41 Å². The Kier molecular flexibility index (Phi) is 7.61. The Morgan fingerprint density at radius 1 is 0.431 bits per heavy atom. The molecular formula is C54H39N3O. The van der Waals surface area contributed by atoms with Gasteiger partial charge in [-0.2, -0.15) is 0 Å². The molecule has 2 aliphatic rings. The standard InChI is InChI=1S/C54H39N3O/c1-32-30-35(4)47-45(31-32)54(43-21-10-11-23-46(43)58-50-34(3)14-12-22-44(50)54)49-42(29-24-33(2)48(47)49)53-56-51(38-16-6-5-7-17-38)55-52(57-53)39-27-25-37(26-28-39)41-20-13-18-36-15-8-9-19-40(36)41/h5-31H,1-4H3. The molecule has 0 radical (unpaired) electrons. The van der Waals surface area contributed by atoms with E-state index in [-0.39, 0.29) is 0 Å². The lowest BCUT2D eigenvalue weighted by Crippen LogP contribution is -2.33. The van der Waals surface area contributed by atoms with Crippen LogP contribution in [0.4, 0.5) is 0 Å². The number of fused-ring (bicyclic) bond motifs is 10. The molecule has 9 aromatic rings. The molecule has 0 fully saturated rings. The summed E-state index contributed by atoms with van der Waals surface area (Å²) >= 11 is 0. The fraction of sp³-hybridized carbons (Fsp3) is 0.0926. The van der Waals surface area contributed by atoms with Crippen molar-refractivity contribution in [2.45, 2.75) is 33.1 Å². The molecule has 1 aromatic heterocycles. The van der Waals surface area contributed by atoms with Crippen molar-refractivity contribution in [2.24, 2.45) is 0 Å². The van der Waals surface area contributed by atoms with Crippen molar-refractivity contribution in [1.82, 2.24) is 15.0 Å². The molecule has 4 heteroatoms. The van der Waals surface area contributed by atoms with Crippen molar-refractivity contribution in [3.63, 3.8) is 0 Å². The van der Waals surface area contributed by atoms with Crippen LogP contribution >= 0.6 is 0 Å².